The minimum Gasteiger partial charge on any atom is -0.309 e. The van der Waals surface area contributed by atoms with Crippen molar-refractivity contribution >= 4 is 59.9 Å². The molecule has 0 bridgehead atoms. The van der Waals surface area contributed by atoms with Gasteiger partial charge in [-0.15, -0.1) is 0 Å². The summed E-state index contributed by atoms with van der Waals surface area (Å²) >= 11 is 0. The van der Waals surface area contributed by atoms with Crippen LogP contribution in [0.5, 0.6) is 0 Å². The first kappa shape index (κ1) is 32.6. The third-order valence-electron chi connectivity index (χ3n) is 11.4. The predicted octanol–water partition coefficient (Wildman–Crippen LogP) is 14.9. The molecule has 9 aromatic carbocycles. The fourth-order valence-corrected chi connectivity index (χ4v) is 8.73. The Kier molecular flexibility index (Phi) is 7.55. The highest BCUT2D eigenvalue weighted by Gasteiger charge is 2.21. The van der Waals surface area contributed by atoms with Crippen LogP contribution in [-0.2, 0) is 0 Å². The fraction of sp³-hybridized carbons (Fsp3) is 0. The zero-order valence-corrected chi connectivity index (χ0v) is 30.9. The normalized spacial score (nSPS) is 11.5. The summed E-state index contributed by atoms with van der Waals surface area (Å²) in [5, 5.41) is 7.90. The Morgan fingerprint density at radius 2 is 0.930 bits per heavy atom. The molecule has 0 unspecified atom stereocenters. The summed E-state index contributed by atoms with van der Waals surface area (Å²) in [4.78, 5) is 9.16. The highest BCUT2D eigenvalue weighted by Crippen LogP contribution is 2.47. The molecule has 0 radical (unpaired) electrons. The maximum absolute atomic E-state index is 7.87. The largest absolute Gasteiger partial charge is 0.309 e. The van der Waals surface area contributed by atoms with Crippen LogP contribution in [0.2, 0.25) is 0 Å². The standard InChI is InChI=1S/C54H33N3/c1-55-41-25-30-52-46(34-41)45-33-40(24-29-51(45)57(52)42-18-9-4-10-19-42)53-43-26-21-39(36-15-7-3-8-16-36)32-48(43)54(50-28-23-37-17-11-12-20-49(37)56-50)44-27-22-38(31-47(44)53)35-13-5-2-6-14-35/h2-34H. The molecule has 0 amide bonds. The van der Waals surface area contributed by atoms with Crippen LogP contribution >= 0.6 is 0 Å². The number of aromatic nitrogens is 2. The predicted molar refractivity (Wildman–Crippen MR) is 239 cm³/mol. The van der Waals surface area contributed by atoms with Gasteiger partial charge in [0.2, 0.25) is 0 Å². The SMILES string of the molecule is [C-]#[N+]c1ccc2c(c1)c1cc(-c3c4cc(-c5ccccc5)ccc4c(-c4ccc5ccccc5n4)c4cc(-c5ccccc5)ccc34)ccc1n2-c1ccccc1. The monoisotopic (exact) mass is 723 g/mol. The summed E-state index contributed by atoms with van der Waals surface area (Å²) in [6, 6.07) is 71.2. The summed E-state index contributed by atoms with van der Waals surface area (Å²) in [6.07, 6.45) is 0. The molecule has 264 valence electrons. The highest BCUT2D eigenvalue weighted by atomic mass is 15.0. The highest BCUT2D eigenvalue weighted by molar-refractivity contribution is 6.23. The summed E-state index contributed by atoms with van der Waals surface area (Å²) in [6.45, 7) is 7.87. The number of nitrogens with zero attached hydrogens (tertiary/aromatic N) is 3. The van der Waals surface area contributed by atoms with Crippen molar-refractivity contribution in [2.75, 3.05) is 0 Å². The minimum atomic E-state index is 0.629. The Morgan fingerprint density at radius 3 is 1.61 bits per heavy atom. The van der Waals surface area contributed by atoms with Crippen molar-refractivity contribution in [1.82, 2.24) is 9.55 Å². The lowest BCUT2D eigenvalue weighted by atomic mass is 9.84. The van der Waals surface area contributed by atoms with Gasteiger partial charge in [0, 0.05) is 22.0 Å². The molecule has 0 saturated heterocycles. The number of fused-ring (bicyclic) bond motifs is 6. The van der Waals surface area contributed by atoms with Crippen molar-refractivity contribution in [3.63, 3.8) is 0 Å². The topological polar surface area (TPSA) is 22.2 Å². The molecule has 0 fully saturated rings. The number of hydrogen-bond acceptors (Lipinski definition) is 1. The van der Waals surface area contributed by atoms with Gasteiger partial charge in [-0.3, -0.25) is 0 Å². The lowest BCUT2D eigenvalue weighted by Gasteiger charge is -2.20. The number of para-hydroxylation sites is 2. The second-order valence-corrected chi connectivity index (χ2v) is 14.6. The van der Waals surface area contributed by atoms with Crippen LogP contribution in [0.1, 0.15) is 0 Å². The van der Waals surface area contributed by atoms with Gasteiger partial charge >= 0.3 is 0 Å². The van der Waals surface area contributed by atoms with E-state index in [1.165, 1.54) is 16.7 Å². The van der Waals surface area contributed by atoms with Crippen LogP contribution < -0.4 is 0 Å². The van der Waals surface area contributed by atoms with Crippen molar-refractivity contribution in [2.45, 2.75) is 0 Å². The van der Waals surface area contributed by atoms with E-state index >= 15 is 0 Å². The third-order valence-corrected chi connectivity index (χ3v) is 11.4. The van der Waals surface area contributed by atoms with Gasteiger partial charge in [-0.05, 0) is 121 Å². The van der Waals surface area contributed by atoms with Crippen molar-refractivity contribution in [3.8, 4) is 50.3 Å². The lowest BCUT2D eigenvalue weighted by molar-refractivity contribution is 1.18. The maximum Gasteiger partial charge on any atom is 0.188 e. The second kappa shape index (κ2) is 13.2. The first-order valence-electron chi connectivity index (χ1n) is 19.2. The van der Waals surface area contributed by atoms with E-state index in [1.54, 1.807) is 0 Å². The fourth-order valence-electron chi connectivity index (χ4n) is 8.73. The molecule has 0 atom stereocenters. The molecule has 11 rings (SSSR count). The second-order valence-electron chi connectivity index (χ2n) is 14.6. The zero-order chi connectivity index (χ0) is 37.9. The molecule has 0 aliphatic carbocycles. The van der Waals surface area contributed by atoms with E-state index in [0.717, 1.165) is 87.9 Å². The average molecular weight is 724 g/mol. The molecule has 3 heteroatoms. The number of rotatable bonds is 5. The van der Waals surface area contributed by atoms with Gasteiger partial charge in [0.25, 0.3) is 0 Å². The first-order chi connectivity index (χ1) is 28.2. The number of hydrogen-bond donors (Lipinski definition) is 0. The molecule has 0 aliphatic rings. The van der Waals surface area contributed by atoms with Gasteiger partial charge in [0.05, 0.1) is 28.8 Å². The van der Waals surface area contributed by atoms with Crippen molar-refractivity contribution in [3.05, 3.63) is 212 Å². The van der Waals surface area contributed by atoms with Crippen LogP contribution in [0, 0.1) is 6.57 Å². The Morgan fingerprint density at radius 1 is 0.386 bits per heavy atom. The van der Waals surface area contributed by atoms with E-state index < -0.39 is 0 Å². The van der Waals surface area contributed by atoms with E-state index in [1.807, 2.05) is 18.2 Å². The van der Waals surface area contributed by atoms with Gasteiger partial charge in [0.1, 0.15) is 0 Å². The van der Waals surface area contributed by atoms with Gasteiger partial charge in [0.15, 0.2) is 5.69 Å². The molecule has 0 spiro atoms. The van der Waals surface area contributed by atoms with E-state index in [2.05, 4.69) is 191 Å². The summed E-state index contributed by atoms with van der Waals surface area (Å²) in [7, 11) is 0. The van der Waals surface area contributed by atoms with E-state index in [-0.39, 0.29) is 0 Å². The molecule has 2 heterocycles. The van der Waals surface area contributed by atoms with Crippen LogP contribution in [0.3, 0.4) is 0 Å². The van der Waals surface area contributed by atoms with E-state index in [4.69, 9.17) is 11.6 Å². The summed E-state index contributed by atoms with van der Waals surface area (Å²) in [5.74, 6) is 0. The molecular weight excluding hydrogens is 691 g/mol. The van der Waals surface area contributed by atoms with Crippen LogP contribution in [0.15, 0.2) is 200 Å². The first-order valence-corrected chi connectivity index (χ1v) is 19.2. The average Bonchev–Trinajstić information content (AvgIpc) is 3.61. The van der Waals surface area contributed by atoms with E-state index in [9.17, 15) is 0 Å². The van der Waals surface area contributed by atoms with Gasteiger partial charge in [-0.1, -0.05) is 140 Å². The van der Waals surface area contributed by atoms with Crippen molar-refractivity contribution in [2.24, 2.45) is 0 Å². The van der Waals surface area contributed by atoms with E-state index in [0.29, 0.717) is 5.69 Å². The molecule has 0 aliphatic heterocycles. The molecule has 3 nitrogen and oxygen atoms in total. The van der Waals surface area contributed by atoms with Gasteiger partial charge in [-0.2, -0.15) is 0 Å². The minimum absolute atomic E-state index is 0.629. The Labute approximate surface area is 330 Å². The number of benzene rings is 9. The molecule has 0 N–H and O–H groups in total. The number of pyridine rings is 1. The quantitative estimate of drug-likeness (QED) is 0.128. The van der Waals surface area contributed by atoms with Crippen LogP contribution in [-0.4, -0.2) is 9.55 Å². The van der Waals surface area contributed by atoms with Gasteiger partial charge < -0.3 is 4.57 Å². The Balaban J connectivity index is 1.28. The summed E-state index contributed by atoms with van der Waals surface area (Å²) in [5.41, 5.74) is 13.9. The van der Waals surface area contributed by atoms with Gasteiger partial charge in [-0.25, -0.2) is 9.83 Å². The lowest BCUT2D eigenvalue weighted by Crippen LogP contribution is -1.95. The third kappa shape index (κ3) is 5.39. The molecule has 0 saturated carbocycles. The zero-order valence-electron chi connectivity index (χ0n) is 30.9. The Hall–Kier alpha value is -7.80. The molecule has 57 heavy (non-hydrogen) atoms. The smallest absolute Gasteiger partial charge is 0.188 e. The van der Waals surface area contributed by atoms with Crippen molar-refractivity contribution < 1.29 is 0 Å². The molecule has 2 aromatic heterocycles. The Bertz CT molecular complexity index is 3390. The molecular formula is C54H33N3. The maximum atomic E-state index is 7.87. The van der Waals surface area contributed by atoms with Crippen LogP contribution in [0.4, 0.5) is 5.69 Å². The van der Waals surface area contributed by atoms with Crippen LogP contribution in [0.25, 0.3) is 109 Å². The van der Waals surface area contributed by atoms with Crippen molar-refractivity contribution in [1.29, 1.82) is 0 Å². The summed E-state index contributed by atoms with van der Waals surface area (Å²) < 4.78 is 2.31. The molecule has 11 aromatic rings.